The Morgan fingerprint density at radius 3 is 1.08 bits per heavy atom. The van der Waals surface area contributed by atoms with Gasteiger partial charge in [0.25, 0.3) is 0 Å². The lowest BCUT2D eigenvalue weighted by Crippen LogP contribution is -2.12. The SMILES string of the molecule is CCCCCCCOc1ccc(C2CCC(C#Cc3ccc(CCCCC)cc3)CC2)cc1.CCCCCCOc1ccc(C2CCC(C#Cc3ccc(CCCCC)cc3)CC2)cc1. The van der Waals surface area contributed by atoms with Gasteiger partial charge in [-0.1, -0.05) is 171 Å². The van der Waals surface area contributed by atoms with Crippen molar-refractivity contribution in [1.82, 2.24) is 0 Å². The summed E-state index contributed by atoms with van der Waals surface area (Å²) in [4.78, 5) is 0. The summed E-state index contributed by atoms with van der Waals surface area (Å²) in [5.41, 5.74) is 8.15. The predicted molar refractivity (Wildman–Crippen MR) is 279 cm³/mol. The van der Waals surface area contributed by atoms with E-state index in [9.17, 15) is 0 Å². The normalized spacial score (nSPS) is 18.0. The van der Waals surface area contributed by atoms with Crippen LogP contribution in [0.3, 0.4) is 0 Å². The van der Waals surface area contributed by atoms with Crippen LogP contribution in [0.4, 0.5) is 0 Å². The van der Waals surface area contributed by atoms with E-state index in [1.54, 1.807) is 0 Å². The lowest BCUT2D eigenvalue weighted by Gasteiger charge is -2.26. The lowest BCUT2D eigenvalue weighted by atomic mass is 9.79. The fourth-order valence-corrected chi connectivity index (χ4v) is 9.47. The monoisotopic (exact) mass is 875 g/mol. The van der Waals surface area contributed by atoms with Gasteiger partial charge in [-0.3, -0.25) is 0 Å². The molecule has 2 fully saturated rings. The average molecular weight is 875 g/mol. The fourth-order valence-electron chi connectivity index (χ4n) is 9.47. The molecule has 0 atom stereocenters. The van der Waals surface area contributed by atoms with Gasteiger partial charge in [-0.25, -0.2) is 0 Å². The van der Waals surface area contributed by atoms with Crippen LogP contribution >= 0.6 is 0 Å². The summed E-state index contributed by atoms with van der Waals surface area (Å²) >= 11 is 0. The second-order valence-electron chi connectivity index (χ2n) is 19.3. The predicted octanol–water partition coefficient (Wildman–Crippen LogP) is 17.8. The Morgan fingerprint density at radius 2 is 0.708 bits per heavy atom. The van der Waals surface area contributed by atoms with Crippen molar-refractivity contribution in [3.05, 3.63) is 130 Å². The number of unbranched alkanes of at least 4 members (excludes halogenated alkanes) is 11. The number of aryl methyl sites for hydroxylation is 2. The van der Waals surface area contributed by atoms with Crippen molar-refractivity contribution in [2.75, 3.05) is 13.2 Å². The van der Waals surface area contributed by atoms with Crippen LogP contribution in [0.15, 0.2) is 97.1 Å². The molecule has 2 nitrogen and oxygen atoms in total. The Labute approximate surface area is 398 Å². The molecule has 2 heteroatoms. The van der Waals surface area contributed by atoms with Crippen LogP contribution in [0.2, 0.25) is 0 Å². The van der Waals surface area contributed by atoms with E-state index in [0.717, 1.165) is 48.7 Å². The molecule has 65 heavy (non-hydrogen) atoms. The summed E-state index contributed by atoms with van der Waals surface area (Å²) in [5.74, 6) is 18.5. The topological polar surface area (TPSA) is 18.5 Å². The van der Waals surface area contributed by atoms with Gasteiger partial charge in [0.05, 0.1) is 13.2 Å². The highest BCUT2D eigenvalue weighted by molar-refractivity contribution is 5.38. The van der Waals surface area contributed by atoms with Gasteiger partial charge >= 0.3 is 0 Å². The van der Waals surface area contributed by atoms with E-state index >= 15 is 0 Å². The van der Waals surface area contributed by atoms with Gasteiger partial charge in [-0.2, -0.15) is 0 Å². The van der Waals surface area contributed by atoms with Crippen molar-refractivity contribution in [1.29, 1.82) is 0 Å². The first-order valence-electron chi connectivity index (χ1n) is 26.7. The summed E-state index contributed by atoms with van der Waals surface area (Å²) in [5, 5.41) is 0. The third-order valence-electron chi connectivity index (χ3n) is 13.8. The van der Waals surface area contributed by atoms with Crippen molar-refractivity contribution in [2.45, 2.75) is 200 Å². The summed E-state index contributed by atoms with van der Waals surface area (Å²) in [6, 6.07) is 35.6. The van der Waals surface area contributed by atoms with Crippen molar-refractivity contribution in [2.24, 2.45) is 11.8 Å². The molecular formula is C63H86O2. The molecule has 0 spiro atoms. The third kappa shape index (κ3) is 20.3. The first-order valence-corrected chi connectivity index (χ1v) is 26.7. The van der Waals surface area contributed by atoms with Gasteiger partial charge in [0.15, 0.2) is 0 Å². The number of hydrogen-bond acceptors (Lipinski definition) is 2. The van der Waals surface area contributed by atoms with Crippen molar-refractivity contribution >= 4 is 0 Å². The molecule has 0 radical (unpaired) electrons. The molecule has 0 aromatic heterocycles. The molecule has 0 bridgehead atoms. The molecular weight excluding hydrogens is 789 g/mol. The van der Waals surface area contributed by atoms with E-state index in [1.807, 2.05) is 0 Å². The van der Waals surface area contributed by atoms with Crippen LogP contribution < -0.4 is 9.47 Å². The van der Waals surface area contributed by atoms with Crippen LogP contribution in [0.5, 0.6) is 11.5 Å². The van der Waals surface area contributed by atoms with E-state index in [-0.39, 0.29) is 0 Å². The first-order chi connectivity index (χ1) is 32.1. The number of hydrogen-bond donors (Lipinski definition) is 0. The van der Waals surface area contributed by atoms with Crippen molar-refractivity contribution in [3.8, 4) is 35.2 Å². The van der Waals surface area contributed by atoms with Crippen LogP contribution in [0.25, 0.3) is 0 Å². The summed E-state index contributed by atoms with van der Waals surface area (Å²) in [6.45, 7) is 10.7. The minimum atomic E-state index is 0.542. The highest BCUT2D eigenvalue weighted by Crippen LogP contribution is 2.37. The van der Waals surface area contributed by atoms with Crippen molar-refractivity contribution in [3.63, 3.8) is 0 Å². The van der Waals surface area contributed by atoms with Gasteiger partial charge in [0, 0.05) is 23.0 Å². The van der Waals surface area contributed by atoms with Gasteiger partial charge in [0.2, 0.25) is 0 Å². The molecule has 0 N–H and O–H groups in total. The first kappa shape index (κ1) is 51.6. The molecule has 0 aliphatic heterocycles. The minimum absolute atomic E-state index is 0.542. The summed E-state index contributed by atoms with van der Waals surface area (Å²) in [7, 11) is 0. The molecule has 6 rings (SSSR count). The summed E-state index contributed by atoms with van der Waals surface area (Å²) in [6.07, 6.45) is 31.4. The van der Waals surface area contributed by atoms with Crippen LogP contribution in [0.1, 0.15) is 221 Å². The molecule has 0 amide bonds. The van der Waals surface area contributed by atoms with E-state index in [2.05, 4.69) is 148 Å². The number of rotatable bonds is 23. The molecule has 350 valence electrons. The lowest BCUT2D eigenvalue weighted by molar-refractivity contribution is 0.304. The average Bonchev–Trinajstić information content (AvgIpc) is 3.35. The molecule has 0 unspecified atom stereocenters. The Balaban J connectivity index is 0.000000244. The van der Waals surface area contributed by atoms with E-state index in [4.69, 9.17) is 9.47 Å². The molecule has 0 saturated heterocycles. The van der Waals surface area contributed by atoms with Gasteiger partial charge in [-0.15, -0.1) is 0 Å². The zero-order valence-corrected chi connectivity index (χ0v) is 41.5. The van der Waals surface area contributed by atoms with Gasteiger partial charge in [0.1, 0.15) is 11.5 Å². The zero-order chi connectivity index (χ0) is 45.6. The van der Waals surface area contributed by atoms with Gasteiger partial charge < -0.3 is 9.47 Å². The van der Waals surface area contributed by atoms with Crippen molar-refractivity contribution < 1.29 is 9.47 Å². The zero-order valence-electron chi connectivity index (χ0n) is 41.5. The summed E-state index contributed by atoms with van der Waals surface area (Å²) < 4.78 is 11.8. The smallest absolute Gasteiger partial charge is 0.119 e. The maximum Gasteiger partial charge on any atom is 0.119 e. The Kier molecular flexibility index (Phi) is 25.0. The Bertz CT molecular complexity index is 1930. The maximum absolute atomic E-state index is 5.93. The van der Waals surface area contributed by atoms with Gasteiger partial charge in [-0.05, 0) is 173 Å². The second-order valence-corrected chi connectivity index (χ2v) is 19.3. The van der Waals surface area contributed by atoms with Crippen LogP contribution in [0, 0.1) is 35.5 Å². The third-order valence-corrected chi connectivity index (χ3v) is 13.8. The second kappa shape index (κ2) is 31.5. The van der Waals surface area contributed by atoms with Crippen LogP contribution in [-0.2, 0) is 12.8 Å². The van der Waals surface area contributed by atoms with E-state index < -0.39 is 0 Å². The molecule has 0 heterocycles. The minimum Gasteiger partial charge on any atom is -0.494 e. The Hall–Kier alpha value is -4.40. The number of benzene rings is 4. The quantitative estimate of drug-likeness (QED) is 0.0546. The largest absolute Gasteiger partial charge is 0.494 e. The highest BCUT2D eigenvalue weighted by atomic mass is 16.5. The Morgan fingerprint density at radius 1 is 0.369 bits per heavy atom. The molecule has 2 saturated carbocycles. The molecule has 2 aliphatic rings. The van der Waals surface area contributed by atoms with E-state index in [1.165, 1.54) is 170 Å². The van der Waals surface area contributed by atoms with Crippen LogP contribution in [-0.4, -0.2) is 13.2 Å². The van der Waals surface area contributed by atoms with E-state index in [0.29, 0.717) is 23.7 Å². The molecule has 4 aromatic carbocycles. The fraction of sp³-hybridized carbons (Fsp3) is 0.556. The standard InChI is InChI=1S/C32H44O.C31H42O/c1-3-5-7-8-10-26-33-32-24-22-31(23-25-32)30-20-18-29(19-21-30)17-16-28-14-12-27(13-15-28)11-9-6-4-2;1-3-5-7-9-25-32-31-23-21-30(22-24-31)29-19-17-28(18-20-29)16-15-27-13-11-26(12-14-27)10-8-6-4-2/h12-15,22-25,29-30H,3-11,18-21,26H2,1-2H3;11-14,21-24,28-29H,3-10,17-20,25H2,1-2H3. The molecule has 4 aromatic rings. The highest BCUT2D eigenvalue weighted by Gasteiger charge is 2.22. The number of ether oxygens (including phenoxy) is 2. The molecule has 2 aliphatic carbocycles. The maximum atomic E-state index is 5.93.